The number of rotatable bonds is 3. The van der Waals surface area contributed by atoms with E-state index in [2.05, 4.69) is 79.4 Å². The van der Waals surface area contributed by atoms with Crippen LogP contribution in [-0.4, -0.2) is 0 Å². The van der Waals surface area contributed by atoms with Gasteiger partial charge in [0.05, 0.1) is 0 Å². The van der Waals surface area contributed by atoms with Gasteiger partial charge in [-0.25, -0.2) is 0 Å². The zero-order chi connectivity index (χ0) is 16.8. The molecule has 1 saturated carbocycles. The maximum absolute atomic E-state index is 3.10. The Bertz CT molecular complexity index is 727. The Kier molecular flexibility index (Phi) is 5.55. The molecule has 0 aliphatic heterocycles. The molecule has 0 radical (unpaired) electrons. The van der Waals surface area contributed by atoms with E-state index < -0.39 is 0 Å². The summed E-state index contributed by atoms with van der Waals surface area (Å²) < 4.78 is 0. The number of benzene rings is 2. The van der Waals surface area contributed by atoms with Gasteiger partial charge in [-0.1, -0.05) is 54.5 Å². The van der Waals surface area contributed by atoms with E-state index in [1.54, 1.807) is 0 Å². The van der Waals surface area contributed by atoms with Crippen LogP contribution in [0.5, 0.6) is 0 Å². The Morgan fingerprint density at radius 1 is 0.833 bits per heavy atom. The van der Waals surface area contributed by atoms with E-state index in [1.165, 1.54) is 42.4 Å². The van der Waals surface area contributed by atoms with Crippen molar-refractivity contribution in [2.75, 3.05) is 0 Å². The molecule has 0 heteroatoms. The molecule has 0 unspecified atom stereocenters. The SMILES string of the molecule is CC#Cc1ccc(-c2ccc(C3CCC(/C=C/C)CC3)cc2)cc1. The minimum absolute atomic E-state index is 0.739. The Hall–Kier alpha value is -2.26. The molecule has 1 aliphatic rings. The van der Waals surface area contributed by atoms with Crippen LogP contribution < -0.4 is 0 Å². The summed E-state index contributed by atoms with van der Waals surface area (Å²) in [6, 6.07) is 17.7. The molecule has 3 rings (SSSR count). The maximum Gasteiger partial charge on any atom is 0.0245 e. The average Bonchev–Trinajstić information content (AvgIpc) is 2.64. The second-order valence-corrected chi connectivity index (χ2v) is 6.71. The average molecular weight is 314 g/mol. The zero-order valence-corrected chi connectivity index (χ0v) is 14.8. The largest absolute Gasteiger partial charge is 0.101 e. The quantitative estimate of drug-likeness (QED) is 0.443. The lowest BCUT2D eigenvalue weighted by Gasteiger charge is -2.27. The molecule has 0 heterocycles. The van der Waals surface area contributed by atoms with Gasteiger partial charge in [-0.05, 0) is 80.2 Å². The monoisotopic (exact) mass is 314 g/mol. The van der Waals surface area contributed by atoms with Gasteiger partial charge in [-0.15, -0.1) is 5.92 Å². The normalized spacial score (nSPS) is 20.6. The van der Waals surface area contributed by atoms with E-state index in [0.29, 0.717) is 0 Å². The first-order valence-corrected chi connectivity index (χ1v) is 9.06. The first-order valence-electron chi connectivity index (χ1n) is 9.06. The Morgan fingerprint density at radius 3 is 1.96 bits per heavy atom. The lowest BCUT2D eigenvalue weighted by molar-refractivity contribution is 0.376. The third-order valence-corrected chi connectivity index (χ3v) is 5.11. The molecule has 0 spiro atoms. The minimum atomic E-state index is 0.739. The molecular formula is C24H26. The Balaban J connectivity index is 1.68. The van der Waals surface area contributed by atoms with Gasteiger partial charge in [-0.3, -0.25) is 0 Å². The summed E-state index contributed by atoms with van der Waals surface area (Å²) in [5.41, 5.74) is 5.14. The van der Waals surface area contributed by atoms with Crippen LogP contribution in [0.2, 0.25) is 0 Å². The molecule has 2 aromatic rings. The van der Waals surface area contributed by atoms with Crippen LogP contribution in [0.3, 0.4) is 0 Å². The number of hydrogen-bond acceptors (Lipinski definition) is 0. The van der Waals surface area contributed by atoms with E-state index in [9.17, 15) is 0 Å². The smallest absolute Gasteiger partial charge is 0.0245 e. The lowest BCUT2D eigenvalue weighted by atomic mass is 9.78. The summed E-state index contributed by atoms with van der Waals surface area (Å²) in [4.78, 5) is 0. The molecule has 0 aromatic heterocycles. The van der Waals surface area contributed by atoms with Crippen LogP contribution in [0, 0.1) is 17.8 Å². The first-order chi connectivity index (χ1) is 11.8. The van der Waals surface area contributed by atoms with Gasteiger partial charge in [0.2, 0.25) is 0 Å². The molecule has 0 N–H and O–H groups in total. The van der Waals surface area contributed by atoms with Crippen molar-refractivity contribution in [2.24, 2.45) is 5.92 Å². The van der Waals surface area contributed by atoms with Crippen LogP contribution in [0.15, 0.2) is 60.7 Å². The predicted octanol–water partition coefficient (Wildman–Crippen LogP) is 6.57. The van der Waals surface area contributed by atoms with E-state index in [-0.39, 0.29) is 0 Å². The number of hydrogen-bond donors (Lipinski definition) is 0. The molecule has 0 bridgehead atoms. The van der Waals surface area contributed by atoms with Gasteiger partial charge < -0.3 is 0 Å². The van der Waals surface area contributed by atoms with Crippen LogP contribution >= 0.6 is 0 Å². The summed E-state index contributed by atoms with van der Waals surface area (Å²) in [6.07, 6.45) is 9.88. The fourth-order valence-corrected chi connectivity index (χ4v) is 3.76. The molecule has 0 atom stereocenters. The lowest BCUT2D eigenvalue weighted by Crippen LogP contribution is -2.11. The van der Waals surface area contributed by atoms with E-state index in [4.69, 9.17) is 0 Å². The first kappa shape index (κ1) is 16.6. The van der Waals surface area contributed by atoms with E-state index >= 15 is 0 Å². The van der Waals surface area contributed by atoms with Crippen molar-refractivity contribution in [2.45, 2.75) is 45.4 Å². The van der Waals surface area contributed by atoms with Gasteiger partial charge in [0.1, 0.15) is 0 Å². The van der Waals surface area contributed by atoms with Crippen LogP contribution in [0.1, 0.15) is 56.6 Å². The second kappa shape index (κ2) is 8.02. The van der Waals surface area contributed by atoms with Gasteiger partial charge in [-0.2, -0.15) is 0 Å². The van der Waals surface area contributed by atoms with Crippen molar-refractivity contribution in [3.05, 3.63) is 71.8 Å². The maximum atomic E-state index is 3.10. The van der Waals surface area contributed by atoms with Crippen LogP contribution in [-0.2, 0) is 0 Å². The molecule has 1 aliphatic carbocycles. The van der Waals surface area contributed by atoms with Gasteiger partial charge in [0, 0.05) is 5.56 Å². The highest BCUT2D eigenvalue weighted by Crippen LogP contribution is 2.36. The van der Waals surface area contributed by atoms with Crippen molar-refractivity contribution in [1.82, 2.24) is 0 Å². The summed E-state index contributed by atoms with van der Waals surface area (Å²) in [6.45, 7) is 4.00. The highest BCUT2D eigenvalue weighted by Gasteiger charge is 2.20. The number of allylic oxidation sites excluding steroid dienone is 2. The Morgan fingerprint density at radius 2 is 1.42 bits per heavy atom. The highest BCUT2D eigenvalue weighted by atomic mass is 14.3. The Labute approximate surface area is 146 Å². The van der Waals surface area contributed by atoms with Crippen molar-refractivity contribution in [3.8, 4) is 23.0 Å². The van der Waals surface area contributed by atoms with Gasteiger partial charge in [0.15, 0.2) is 0 Å². The molecule has 2 aromatic carbocycles. The molecule has 1 fully saturated rings. The van der Waals surface area contributed by atoms with Crippen molar-refractivity contribution in [3.63, 3.8) is 0 Å². The molecule has 122 valence electrons. The van der Waals surface area contributed by atoms with Crippen LogP contribution in [0.25, 0.3) is 11.1 Å². The van der Waals surface area contributed by atoms with Gasteiger partial charge in [0.25, 0.3) is 0 Å². The minimum Gasteiger partial charge on any atom is -0.101 e. The zero-order valence-electron chi connectivity index (χ0n) is 14.8. The standard InChI is InChI=1S/C24H26/c1-3-5-19-7-11-21(12-8-19)23-15-17-24(18-16-23)22-13-9-20(6-4-2)10-14-22/h3,5,9-10,13-19,21H,7-8,11-12H2,1-2H3/b5-3+. The molecular weight excluding hydrogens is 288 g/mol. The molecule has 24 heavy (non-hydrogen) atoms. The fourth-order valence-electron chi connectivity index (χ4n) is 3.76. The van der Waals surface area contributed by atoms with E-state index in [0.717, 1.165) is 17.4 Å². The summed E-state index contributed by atoms with van der Waals surface area (Å²) in [5, 5.41) is 0. The van der Waals surface area contributed by atoms with Gasteiger partial charge >= 0.3 is 0 Å². The summed E-state index contributed by atoms with van der Waals surface area (Å²) in [7, 11) is 0. The predicted molar refractivity (Wildman–Crippen MR) is 104 cm³/mol. The van der Waals surface area contributed by atoms with Crippen molar-refractivity contribution >= 4 is 0 Å². The molecule has 0 saturated heterocycles. The highest BCUT2D eigenvalue weighted by molar-refractivity contribution is 5.64. The second-order valence-electron chi connectivity index (χ2n) is 6.71. The fraction of sp³-hybridized carbons (Fsp3) is 0.333. The summed E-state index contributed by atoms with van der Waals surface area (Å²) in [5.74, 6) is 7.58. The van der Waals surface area contributed by atoms with Crippen molar-refractivity contribution in [1.29, 1.82) is 0 Å². The third kappa shape index (κ3) is 3.98. The van der Waals surface area contributed by atoms with Crippen LogP contribution in [0.4, 0.5) is 0 Å². The molecule has 0 nitrogen and oxygen atoms in total. The third-order valence-electron chi connectivity index (χ3n) is 5.11. The van der Waals surface area contributed by atoms with E-state index in [1.807, 2.05) is 6.92 Å². The summed E-state index contributed by atoms with van der Waals surface area (Å²) >= 11 is 0. The van der Waals surface area contributed by atoms with Crippen molar-refractivity contribution < 1.29 is 0 Å². The molecule has 0 amide bonds. The topological polar surface area (TPSA) is 0 Å².